The van der Waals surface area contributed by atoms with Crippen molar-refractivity contribution in [3.8, 4) is 0 Å². The van der Waals surface area contributed by atoms with Crippen LogP contribution < -0.4 is 27.4 Å². The number of rotatable bonds is 19. The molecule has 198 valence electrons. The van der Waals surface area contributed by atoms with Gasteiger partial charge in [-0.25, -0.2) is 4.79 Å². The molecule has 0 saturated carbocycles. The van der Waals surface area contributed by atoms with Gasteiger partial charge in [-0.1, -0.05) is 13.8 Å². The van der Waals surface area contributed by atoms with E-state index >= 15 is 0 Å². The molecular formula is C22H43N5O5S2. The summed E-state index contributed by atoms with van der Waals surface area (Å²) >= 11 is 3.09. The zero-order chi connectivity index (χ0) is 26.1. The average molecular weight is 522 g/mol. The number of carbonyl (C=O) groups excluding carboxylic acids is 3. The van der Waals surface area contributed by atoms with Crippen LogP contribution in [0.1, 0.15) is 52.4 Å². The van der Waals surface area contributed by atoms with Gasteiger partial charge in [0.15, 0.2) is 0 Å². The second kappa shape index (κ2) is 18.8. The van der Waals surface area contributed by atoms with Crippen molar-refractivity contribution in [2.75, 3.05) is 30.6 Å². The van der Waals surface area contributed by atoms with E-state index in [-0.39, 0.29) is 12.3 Å². The molecular weight excluding hydrogens is 478 g/mol. The maximum Gasteiger partial charge on any atom is 0.326 e. The molecule has 0 fully saturated rings. The first-order valence-electron chi connectivity index (χ1n) is 11.6. The highest BCUT2D eigenvalue weighted by atomic mass is 32.2. The summed E-state index contributed by atoms with van der Waals surface area (Å²) in [5.41, 5.74) is 11.4. The lowest BCUT2D eigenvalue weighted by Gasteiger charge is -2.26. The van der Waals surface area contributed by atoms with Gasteiger partial charge in [-0.2, -0.15) is 23.5 Å². The van der Waals surface area contributed by atoms with Crippen molar-refractivity contribution < 1.29 is 24.3 Å². The molecule has 0 spiro atoms. The van der Waals surface area contributed by atoms with E-state index in [0.29, 0.717) is 44.4 Å². The summed E-state index contributed by atoms with van der Waals surface area (Å²) in [5.74, 6) is -1.18. The van der Waals surface area contributed by atoms with E-state index in [4.69, 9.17) is 11.5 Å². The Labute approximate surface area is 211 Å². The van der Waals surface area contributed by atoms with Crippen molar-refractivity contribution >= 4 is 47.2 Å². The molecule has 0 aromatic heterocycles. The molecule has 8 N–H and O–H groups in total. The summed E-state index contributed by atoms with van der Waals surface area (Å²) in [7, 11) is 0. The molecule has 3 amide bonds. The SMILES string of the molecule is CSCCC(N)C(=O)NC(CC(C)C)C(=O)NC(CCSC)C(=O)NC(CCCCN)C(=O)O. The van der Waals surface area contributed by atoms with Crippen LogP contribution in [0.4, 0.5) is 0 Å². The van der Waals surface area contributed by atoms with Gasteiger partial charge in [0.25, 0.3) is 0 Å². The topological polar surface area (TPSA) is 177 Å². The number of carboxylic acids is 1. The minimum absolute atomic E-state index is 0.107. The molecule has 12 heteroatoms. The number of carbonyl (C=O) groups is 4. The second-order valence-electron chi connectivity index (χ2n) is 8.61. The number of thioether (sulfide) groups is 2. The molecule has 34 heavy (non-hydrogen) atoms. The Hall–Kier alpha value is -1.50. The van der Waals surface area contributed by atoms with Gasteiger partial charge in [-0.05, 0) is 75.0 Å². The van der Waals surface area contributed by atoms with Crippen LogP contribution in [-0.2, 0) is 19.2 Å². The van der Waals surface area contributed by atoms with Crippen molar-refractivity contribution in [2.24, 2.45) is 17.4 Å². The first kappa shape index (κ1) is 32.5. The predicted molar refractivity (Wildman–Crippen MR) is 140 cm³/mol. The summed E-state index contributed by atoms with van der Waals surface area (Å²) < 4.78 is 0. The first-order valence-corrected chi connectivity index (χ1v) is 14.4. The van der Waals surface area contributed by atoms with Crippen LogP contribution in [0.15, 0.2) is 0 Å². The zero-order valence-corrected chi connectivity index (χ0v) is 22.4. The number of amides is 3. The van der Waals surface area contributed by atoms with Crippen LogP contribution in [0, 0.1) is 5.92 Å². The van der Waals surface area contributed by atoms with E-state index < -0.39 is 47.9 Å². The molecule has 0 aliphatic heterocycles. The summed E-state index contributed by atoms with van der Waals surface area (Å²) in [6.45, 7) is 4.30. The lowest BCUT2D eigenvalue weighted by atomic mass is 10.0. The Morgan fingerprint density at radius 2 is 1.32 bits per heavy atom. The van der Waals surface area contributed by atoms with Gasteiger partial charge in [0.05, 0.1) is 6.04 Å². The first-order chi connectivity index (χ1) is 16.1. The molecule has 0 rings (SSSR count). The van der Waals surface area contributed by atoms with Crippen molar-refractivity contribution in [1.29, 1.82) is 0 Å². The van der Waals surface area contributed by atoms with Crippen LogP contribution in [0.3, 0.4) is 0 Å². The summed E-state index contributed by atoms with van der Waals surface area (Å²) in [4.78, 5) is 50.0. The largest absolute Gasteiger partial charge is 0.480 e. The van der Waals surface area contributed by atoms with E-state index in [2.05, 4.69) is 16.0 Å². The van der Waals surface area contributed by atoms with Crippen LogP contribution in [0.5, 0.6) is 0 Å². The second-order valence-corrected chi connectivity index (χ2v) is 10.6. The summed E-state index contributed by atoms with van der Waals surface area (Å²) in [6.07, 6.45) is 6.46. The quantitative estimate of drug-likeness (QED) is 0.132. The highest BCUT2D eigenvalue weighted by molar-refractivity contribution is 7.98. The highest BCUT2D eigenvalue weighted by Gasteiger charge is 2.30. The van der Waals surface area contributed by atoms with E-state index in [9.17, 15) is 24.3 Å². The molecule has 0 radical (unpaired) electrons. The standard InChI is InChI=1S/C22H43N5O5S2/c1-14(2)13-18(27-19(28)15(24)8-11-33-3)21(30)25-16(9-12-34-4)20(29)26-17(22(31)32)7-5-6-10-23/h14-18H,5-13,23-24H2,1-4H3,(H,25,30)(H,26,29)(H,27,28)(H,31,32). The van der Waals surface area contributed by atoms with Gasteiger partial charge in [0, 0.05) is 0 Å². The van der Waals surface area contributed by atoms with Gasteiger partial charge >= 0.3 is 5.97 Å². The van der Waals surface area contributed by atoms with E-state index in [1.54, 1.807) is 11.8 Å². The van der Waals surface area contributed by atoms with Gasteiger partial charge in [0.1, 0.15) is 18.1 Å². The van der Waals surface area contributed by atoms with Crippen molar-refractivity contribution in [3.05, 3.63) is 0 Å². The maximum absolute atomic E-state index is 13.1. The van der Waals surface area contributed by atoms with Crippen molar-refractivity contribution in [2.45, 2.75) is 76.5 Å². The molecule has 0 saturated heterocycles. The molecule has 0 aromatic carbocycles. The highest BCUT2D eigenvalue weighted by Crippen LogP contribution is 2.09. The Morgan fingerprint density at radius 1 is 0.794 bits per heavy atom. The molecule has 4 unspecified atom stereocenters. The summed E-state index contributed by atoms with van der Waals surface area (Å²) in [5, 5.41) is 17.4. The number of carboxylic acid groups (broad SMARTS) is 1. The van der Waals surface area contributed by atoms with Crippen LogP contribution in [0.25, 0.3) is 0 Å². The lowest BCUT2D eigenvalue weighted by Crippen LogP contribution is -2.57. The third-order valence-electron chi connectivity index (χ3n) is 5.11. The lowest BCUT2D eigenvalue weighted by molar-refractivity contribution is -0.142. The summed E-state index contributed by atoms with van der Waals surface area (Å²) in [6, 6.07) is -3.56. The monoisotopic (exact) mass is 521 g/mol. The number of nitrogens with two attached hydrogens (primary N) is 2. The minimum Gasteiger partial charge on any atom is -0.480 e. The number of unbranched alkanes of at least 4 members (excludes halogenated alkanes) is 1. The average Bonchev–Trinajstić information content (AvgIpc) is 2.78. The van der Waals surface area contributed by atoms with Crippen LogP contribution >= 0.6 is 23.5 Å². The molecule has 0 heterocycles. The van der Waals surface area contributed by atoms with E-state index in [0.717, 1.165) is 5.75 Å². The third kappa shape index (κ3) is 14.0. The van der Waals surface area contributed by atoms with Gasteiger partial charge in [0.2, 0.25) is 17.7 Å². The van der Waals surface area contributed by atoms with Crippen LogP contribution in [0.2, 0.25) is 0 Å². The number of nitrogens with one attached hydrogen (secondary N) is 3. The fourth-order valence-corrected chi connectivity index (χ4v) is 4.12. The third-order valence-corrected chi connectivity index (χ3v) is 6.40. The van der Waals surface area contributed by atoms with Crippen molar-refractivity contribution in [3.63, 3.8) is 0 Å². The Morgan fingerprint density at radius 3 is 1.85 bits per heavy atom. The Kier molecular flexibility index (Phi) is 18.0. The Balaban J connectivity index is 5.36. The van der Waals surface area contributed by atoms with Crippen LogP contribution in [-0.4, -0.2) is 83.5 Å². The van der Waals surface area contributed by atoms with Gasteiger partial charge in [-0.15, -0.1) is 0 Å². The Bertz CT molecular complexity index is 639. The maximum atomic E-state index is 13.1. The number of hydrogen-bond acceptors (Lipinski definition) is 8. The molecule has 0 bridgehead atoms. The van der Waals surface area contributed by atoms with Crippen molar-refractivity contribution in [1.82, 2.24) is 16.0 Å². The smallest absolute Gasteiger partial charge is 0.326 e. The van der Waals surface area contributed by atoms with E-state index in [1.807, 2.05) is 26.4 Å². The molecule has 0 aliphatic rings. The van der Waals surface area contributed by atoms with Gasteiger partial charge < -0.3 is 32.5 Å². The number of hydrogen-bond donors (Lipinski definition) is 6. The zero-order valence-electron chi connectivity index (χ0n) is 20.8. The van der Waals surface area contributed by atoms with E-state index in [1.165, 1.54) is 11.8 Å². The normalized spacial score (nSPS) is 14.7. The van der Waals surface area contributed by atoms with Gasteiger partial charge in [-0.3, -0.25) is 14.4 Å². The fraction of sp³-hybridized carbons (Fsp3) is 0.818. The fourth-order valence-electron chi connectivity index (χ4n) is 3.16. The minimum atomic E-state index is -1.13. The molecule has 10 nitrogen and oxygen atoms in total. The molecule has 4 atom stereocenters. The molecule has 0 aliphatic carbocycles. The predicted octanol–water partition coefficient (Wildman–Crippen LogP) is 0.534. The number of aliphatic carboxylic acids is 1. The molecule has 0 aromatic rings.